The van der Waals surface area contributed by atoms with Crippen LogP contribution in [0.25, 0.3) is 0 Å². The molecule has 1 unspecified atom stereocenters. The van der Waals surface area contributed by atoms with Crippen molar-refractivity contribution < 1.29 is 42.5 Å². The van der Waals surface area contributed by atoms with Crippen molar-refractivity contribution in [2.75, 3.05) is 0 Å². The average molecular weight is 416 g/mol. The van der Waals surface area contributed by atoms with Gasteiger partial charge in [0.05, 0.1) is 4.90 Å². The van der Waals surface area contributed by atoms with Gasteiger partial charge in [-0.25, -0.2) is 8.42 Å². The second kappa shape index (κ2) is 9.58. The van der Waals surface area contributed by atoms with Gasteiger partial charge in [0.1, 0.15) is 10.1 Å². The Hall–Kier alpha value is 0.560. The van der Waals surface area contributed by atoms with E-state index in [4.69, 9.17) is 0 Å². The van der Waals surface area contributed by atoms with Crippen LogP contribution in [0.5, 0.6) is 0 Å². The van der Waals surface area contributed by atoms with Gasteiger partial charge in [-0.05, 0) is 78.8 Å². The van der Waals surface area contributed by atoms with Gasteiger partial charge in [-0.1, -0.05) is 52.5 Å². The summed E-state index contributed by atoms with van der Waals surface area (Å²) in [6.07, 6.45) is 16.1. The van der Waals surface area contributed by atoms with Gasteiger partial charge in [0.25, 0.3) is 0 Å². The van der Waals surface area contributed by atoms with E-state index in [1.165, 1.54) is 75.8 Å². The third-order valence-electron chi connectivity index (χ3n) is 6.79. The van der Waals surface area contributed by atoms with Crippen LogP contribution in [-0.2, 0) is 23.0 Å². The van der Waals surface area contributed by atoms with Gasteiger partial charge in [-0.15, -0.1) is 0 Å². The first-order valence-electron chi connectivity index (χ1n) is 10.4. The zero-order chi connectivity index (χ0) is 18.1. The van der Waals surface area contributed by atoms with Crippen LogP contribution in [-0.4, -0.2) is 29.9 Å². The predicted octanol–water partition coefficient (Wildman–Crippen LogP) is 2.21. The molecule has 144 valence electrons. The zero-order valence-corrected chi connectivity index (χ0v) is 20.2. The van der Waals surface area contributed by atoms with E-state index in [1.54, 1.807) is 6.07 Å². The topological polar surface area (TPSA) is 57.2 Å². The number of hydrogen-bond donors (Lipinski definition) is 0. The fourth-order valence-electron chi connectivity index (χ4n) is 5.59. The average Bonchev–Trinajstić information content (AvgIpc) is 3.05. The van der Waals surface area contributed by atoms with Crippen LogP contribution >= 0.6 is 7.92 Å². The SMILES string of the molecule is O=S(=O)([O-])c1ccc2c(c1)CC(P(C1CCCCC1)C1CCCCC1)C2.[Na+]. The van der Waals surface area contributed by atoms with Crippen molar-refractivity contribution in [3.63, 3.8) is 0 Å². The molecule has 1 aromatic rings. The molecule has 0 radical (unpaired) electrons. The Morgan fingerprint density at radius 1 is 0.778 bits per heavy atom. The summed E-state index contributed by atoms with van der Waals surface area (Å²) < 4.78 is 34.2. The quantitative estimate of drug-likeness (QED) is 0.430. The third-order valence-corrected chi connectivity index (χ3v) is 11.6. The van der Waals surface area contributed by atoms with E-state index in [-0.39, 0.29) is 42.4 Å². The van der Waals surface area contributed by atoms with Crippen molar-refractivity contribution in [2.24, 2.45) is 0 Å². The van der Waals surface area contributed by atoms with Crippen molar-refractivity contribution in [1.29, 1.82) is 0 Å². The predicted molar refractivity (Wildman–Crippen MR) is 106 cm³/mol. The van der Waals surface area contributed by atoms with Crippen molar-refractivity contribution in [2.45, 2.75) is 98.9 Å². The van der Waals surface area contributed by atoms with Crippen LogP contribution < -0.4 is 29.6 Å². The molecule has 1 aromatic carbocycles. The van der Waals surface area contributed by atoms with Gasteiger partial charge >= 0.3 is 29.6 Å². The van der Waals surface area contributed by atoms with Crippen LogP contribution in [0.4, 0.5) is 0 Å². The maximum Gasteiger partial charge on any atom is 1.00 e. The van der Waals surface area contributed by atoms with E-state index >= 15 is 0 Å². The maximum absolute atomic E-state index is 11.4. The molecule has 4 rings (SSSR count). The summed E-state index contributed by atoms with van der Waals surface area (Å²) >= 11 is 0. The van der Waals surface area contributed by atoms with Crippen LogP contribution in [0.3, 0.4) is 0 Å². The molecule has 0 aromatic heterocycles. The second-order valence-electron chi connectivity index (χ2n) is 8.48. The molecule has 0 N–H and O–H groups in total. The van der Waals surface area contributed by atoms with E-state index in [9.17, 15) is 13.0 Å². The number of hydrogen-bond acceptors (Lipinski definition) is 3. The molecule has 3 aliphatic carbocycles. The van der Waals surface area contributed by atoms with Crippen molar-refractivity contribution >= 4 is 18.0 Å². The number of rotatable bonds is 4. The molecule has 1 atom stereocenters. The summed E-state index contributed by atoms with van der Waals surface area (Å²) in [6, 6.07) is 5.11. The van der Waals surface area contributed by atoms with Gasteiger partial charge in [0.15, 0.2) is 0 Å². The van der Waals surface area contributed by atoms with Gasteiger partial charge < -0.3 is 4.55 Å². The Labute approximate surface area is 187 Å². The third kappa shape index (κ3) is 5.19. The summed E-state index contributed by atoms with van der Waals surface area (Å²) in [5, 5.41) is 0. The summed E-state index contributed by atoms with van der Waals surface area (Å²) in [5.41, 5.74) is 4.97. The summed E-state index contributed by atoms with van der Waals surface area (Å²) in [5.74, 6) is 0. The molecule has 6 heteroatoms. The molecule has 0 saturated heterocycles. The maximum atomic E-state index is 11.4. The van der Waals surface area contributed by atoms with Gasteiger partial charge in [-0.2, -0.15) is 0 Å². The Morgan fingerprint density at radius 2 is 1.30 bits per heavy atom. The van der Waals surface area contributed by atoms with Gasteiger partial charge in [0.2, 0.25) is 0 Å². The Bertz CT molecular complexity index is 722. The minimum absolute atomic E-state index is 0. The van der Waals surface area contributed by atoms with Crippen LogP contribution in [0.1, 0.15) is 75.3 Å². The monoisotopic (exact) mass is 416 g/mol. The van der Waals surface area contributed by atoms with Gasteiger partial charge in [-0.3, -0.25) is 0 Å². The fourth-order valence-corrected chi connectivity index (χ4v) is 10.6. The molecule has 0 amide bonds. The van der Waals surface area contributed by atoms with E-state index in [0.29, 0.717) is 5.66 Å². The first-order valence-corrected chi connectivity index (χ1v) is 13.3. The molecule has 0 spiro atoms. The normalized spacial score (nSPS) is 24.6. The van der Waals surface area contributed by atoms with Crippen molar-refractivity contribution in [3.05, 3.63) is 29.3 Å². The Kier molecular flexibility index (Phi) is 7.89. The standard InChI is InChI=1S/C21H31O3PS.Na/c22-26(23,24)21-12-11-16-13-20(14-17(16)15-21)25(18-7-3-1-4-8-18)19-9-5-2-6-10-19;/h11-12,15,18-20H,1-10,13-14H2,(H,22,23,24);/q;+1/p-1. The van der Waals surface area contributed by atoms with E-state index in [2.05, 4.69) is 0 Å². The van der Waals surface area contributed by atoms with Crippen molar-refractivity contribution in [3.8, 4) is 0 Å². The van der Waals surface area contributed by atoms with Gasteiger partial charge in [0, 0.05) is 0 Å². The Morgan fingerprint density at radius 3 is 1.81 bits per heavy atom. The van der Waals surface area contributed by atoms with E-state index in [1.807, 2.05) is 6.07 Å². The largest absolute Gasteiger partial charge is 1.00 e. The summed E-state index contributed by atoms with van der Waals surface area (Å²) in [6.45, 7) is 0. The first kappa shape index (κ1) is 22.2. The number of fused-ring (bicyclic) bond motifs is 1. The fraction of sp³-hybridized carbons (Fsp3) is 0.714. The van der Waals surface area contributed by atoms with E-state index < -0.39 is 10.1 Å². The zero-order valence-electron chi connectivity index (χ0n) is 16.5. The molecule has 0 heterocycles. The Balaban J connectivity index is 0.00000210. The summed E-state index contributed by atoms with van der Waals surface area (Å²) in [4.78, 5) is -0.0449. The van der Waals surface area contributed by atoms with Crippen LogP contribution in [0, 0.1) is 0 Å². The molecule has 3 aliphatic rings. The smallest absolute Gasteiger partial charge is 0.744 e. The molecule has 3 nitrogen and oxygen atoms in total. The van der Waals surface area contributed by atoms with Crippen LogP contribution in [0.2, 0.25) is 0 Å². The van der Waals surface area contributed by atoms with E-state index in [0.717, 1.165) is 29.7 Å². The number of benzene rings is 1. The molecular formula is C21H30NaO3PS. The molecule has 27 heavy (non-hydrogen) atoms. The molecular weight excluding hydrogens is 386 g/mol. The molecule has 2 fully saturated rings. The molecule has 2 saturated carbocycles. The molecule has 0 bridgehead atoms. The minimum atomic E-state index is -4.35. The van der Waals surface area contributed by atoms with Crippen molar-refractivity contribution in [1.82, 2.24) is 0 Å². The molecule has 0 aliphatic heterocycles. The summed E-state index contributed by atoms with van der Waals surface area (Å²) in [7, 11) is -4.36. The second-order valence-corrected chi connectivity index (χ2v) is 12.9. The van der Waals surface area contributed by atoms with Crippen LogP contribution in [0.15, 0.2) is 23.1 Å². The minimum Gasteiger partial charge on any atom is -0.744 e. The first-order chi connectivity index (χ1) is 12.5.